The summed E-state index contributed by atoms with van der Waals surface area (Å²) in [6.07, 6.45) is 3.56. The van der Waals surface area contributed by atoms with Crippen molar-refractivity contribution in [3.05, 3.63) is 70.5 Å². The highest BCUT2D eigenvalue weighted by atomic mass is 19.1. The second-order valence-electron chi connectivity index (χ2n) is 5.51. The van der Waals surface area contributed by atoms with Gasteiger partial charge in [-0.2, -0.15) is 0 Å². The number of hydrogen-bond acceptors (Lipinski definition) is 1. The Morgan fingerprint density at radius 1 is 1.15 bits per heavy atom. The normalized spacial score (nSPS) is 14.9. The van der Waals surface area contributed by atoms with E-state index in [1.54, 1.807) is 19.1 Å². The van der Waals surface area contributed by atoms with Gasteiger partial charge in [-0.3, -0.25) is 4.79 Å². The van der Waals surface area contributed by atoms with E-state index >= 15 is 0 Å². The van der Waals surface area contributed by atoms with Gasteiger partial charge in [-0.25, -0.2) is 4.39 Å². The Morgan fingerprint density at radius 3 is 2.55 bits per heavy atom. The van der Waals surface area contributed by atoms with Crippen LogP contribution in [0.5, 0.6) is 0 Å². The maximum atomic E-state index is 13.3. The van der Waals surface area contributed by atoms with Crippen molar-refractivity contribution in [1.82, 2.24) is 0 Å². The van der Waals surface area contributed by atoms with Crippen molar-refractivity contribution < 1.29 is 9.18 Å². The smallest absolute Gasteiger partial charge is 0.193 e. The standard InChI is InChI=1S/C18H17FO/c1-12-11-14(9-10-17(12)19)18(20)16-8-3-2-7-15(16)13-5-4-6-13/h2-3,7-11,13H,4-6H2,1H3. The predicted octanol–water partition coefficient (Wildman–Crippen LogP) is 4.63. The fourth-order valence-corrected chi connectivity index (χ4v) is 2.72. The van der Waals surface area contributed by atoms with Crippen LogP contribution in [0.1, 0.15) is 52.2 Å². The minimum atomic E-state index is -0.270. The third-order valence-electron chi connectivity index (χ3n) is 4.17. The van der Waals surface area contributed by atoms with Crippen molar-refractivity contribution in [1.29, 1.82) is 0 Å². The third-order valence-corrected chi connectivity index (χ3v) is 4.17. The summed E-state index contributed by atoms with van der Waals surface area (Å²) < 4.78 is 13.3. The Labute approximate surface area is 118 Å². The van der Waals surface area contributed by atoms with Crippen molar-refractivity contribution >= 4 is 5.78 Å². The number of rotatable bonds is 3. The van der Waals surface area contributed by atoms with Gasteiger partial charge in [0.25, 0.3) is 0 Å². The molecule has 0 atom stereocenters. The molecule has 0 unspecified atom stereocenters. The highest BCUT2D eigenvalue weighted by molar-refractivity contribution is 6.10. The molecule has 20 heavy (non-hydrogen) atoms. The molecule has 2 heteroatoms. The zero-order valence-electron chi connectivity index (χ0n) is 11.5. The zero-order valence-corrected chi connectivity index (χ0v) is 11.5. The molecule has 0 N–H and O–H groups in total. The Morgan fingerprint density at radius 2 is 1.90 bits per heavy atom. The van der Waals surface area contributed by atoms with E-state index in [1.165, 1.54) is 12.5 Å². The predicted molar refractivity (Wildman–Crippen MR) is 77.6 cm³/mol. The molecule has 0 radical (unpaired) electrons. The molecule has 0 spiro atoms. The molecule has 1 aliphatic carbocycles. The molecular formula is C18H17FO. The number of halogens is 1. The minimum Gasteiger partial charge on any atom is -0.289 e. The monoisotopic (exact) mass is 268 g/mol. The van der Waals surface area contributed by atoms with Gasteiger partial charge in [0.2, 0.25) is 0 Å². The van der Waals surface area contributed by atoms with Crippen LogP contribution in [-0.4, -0.2) is 5.78 Å². The first-order valence-electron chi connectivity index (χ1n) is 7.06. The summed E-state index contributed by atoms with van der Waals surface area (Å²) in [6.45, 7) is 1.68. The lowest BCUT2D eigenvalue weighted by Gasteiger charge is -2.27. The topological polar surface area (TPSA) is 17.1 Å². The third kappa shape index (κ3) is 2.26. The fourth-order valence-electron chi connectivity index (χ4n) is 2.72. The Bertz CT molecular complexity index is 656. The van der Waals surface area contributed by atoms with E-state index in [-0.39, 0.29) is 11.6 Å². The second kappa shape index (κ2) is 5.20. The molecule has 0 saturated heterocycles. The molecule has 0 aromatic heterocycles. The minimum absolute atomic E-state index is 0.00407. The lowest BCUT2D eigenvalue weighted by atomic mass is 9.77. The first-order chi connectivity index (χ1) is 9.66. The summed E-state index contributed by atoms with van der Waals surface area (Å²) in [4.78, 5) is 12.7. The van der Waals surface area contributed by atoms with Crippen molar-refractivity contribution in [2.75, 3.05) is 0 Å². The number of carbonyl (C=O) groups excluding carboxylic acids is 1. The van der Waals surface area contributed by atoms with Crippen LogP contribution in [0, 0.1) is 12.7 Å². The van der Waals surface area contributed by atoms with Crippen LogP contribution in [0.4, 0.5) is 4.39 Å². The Hall–Kier alpha value is -1.96. The molecule has 0 bridgehead atoms. The lowest BCUT2D eigenvalue weighted by Crippen LogP contribution is -2.14. The molecule has 1 saturated carbocycles. The van der Waals surface area contributed by atoms with E-state index in [2.05, 4.69) is 0 Å². The molecular weight excluding hydrogens is 251 g/mol. The summed E-state index contributed by atoms with van der Waals surface area (Å²) in [5.41, 5.74) is 2.99. The Kier molecular flexibility index (Phi) is 3.39. The SMILES string of the molecule is Cc1cc(C(=O)c2ccccc2C2CCC2)ccc1F. The summed E-state index contributed by atoms with van der Waals surface area (Å²) in [6, 6.07) is 12.4. The number of carbonyl (C=O) groups is 1. The van der Waals surface area contributed by atoms with Crippen LogP contribution in [-0.2, 0) is 0 Å². The number of aryl methyl sites for hydroxylation is 1. The van der Waals surface area contributed by atoms with Gasteiger partial charge >= 0.3 is 0 Å². The van der Waals surface area contributed by atoms with Crippen LogP contribution in [0.15, 0.2) is 42.5 Å². The maximum Gasteiger partial charge on any atom is 0.193 e. The molecule has 3 rings (SSSR count). The van der Waals surface area contributed by atoms with Gasteiger partial charge in [-0.05, 0) is 55.0 Å². The maximum absolute atomic E-state index is 13.3. The highest BCUT2D eigenvalue weighted by Gasteiger charge is 2.24. The first-order valence-corrected chi connectivity index (χ1v) is 7.06. The van der Waals surface area contributed by atoms with Gasteiger partial charge in [0.1, 0.15) is 5.82 Å². The van der Waals surface area contributed by atoms with E-state index in [1.807, 2.05) is 24.3 Å². The van der Waals surface area contributed by atoms with E-state index in [0.29, 0.717) is 17.0 Å². The van der Waals surface area contributed by atoms with Crippen LogP contribution in [0.2, 0.25) is 0 Å². The van der Waals surface area contributed by atoms with Gasteiger partial charge in [-0.15, -0.1) is 0 Å². The zero-order chi connectivity index (χ0) is 14.1. The van der Waals surface area contributed by atoms with E-state index in [9.17, 15) is 9.18 Å². The fraction of sp³-hybridized carbons (Fsp3) is 0.278. The largest absolute Gasteiger partial charge is 0.289 e. The van der Waals surface area contributed by atoms with Crippen molar-refractivity contribution in [2.24, 2.45) is 0 Å². The summed E-state index contributed by atoms with van der Waals surface area (Å²) in [7, 11) is 0. The van der Waals surface area contributed by atoms with Gasteiger partial charge in [0.05, 0.1) is 0 Å². The molecule has 2 aromatic carbocycles. The van der Waals surface area contributed by atoms with Gasteiger partial charge in [0, 0.05) is 11.1 Å². The summed E-state index contributed by atoms with van der Waals surface area (Å²) in [5, 5.41) is 0. The van der Waals surface area contributed by atoms with Crippen molar-refractivity contribution in [3.8, 4) is 0 Å². The van der Waals surface area contributed by atoms with Crippen molar-refractivity contribution in [2.45, 2.75) is 32.1 Å². The van der Waals surface area contributed by atoms with E-state index < -0.39 is 0 Å². The molecule has 2 aromatic rings. The molecule has 0 heterocycles. The number of benzene rings is 2. The highest BCUT2D eigenvalue weighted by Crippen LogP contribution is 2.38. The van der Waals surface area contributed by atoms with Crippen LogP contribution in [0.3, 0.4) is 0 Å². The Balaban J connectivity index is 1.99. The number of ketones is 1. The van der Waals surface area contributed by atoms with E-state index in [0.717, 1.165) is 24.0 Å². The van der Waals surface area contributed by atoms with Crippen molar-refractivity contribution in [3.63, 3.8) is 0 Å². The van der Waals surface area contributed by atoms with Gasteiger partial charge < -0.3 is 0 Å². The van der Waals surface area contributed by atoms with Gasteiger partial charge in [-0.1, -0.05) is 30.7 Å². The van der Waals surface area contributed by atoms with E-state index in [4.69, 9.17) is 0 Å². The van der Waals surface area contributed by atoms with Gasteiger partial charge in [0.15, 0.2) is 5.78 Å². The molecule has 102 valence electrons. The van der Waals surface area contributed by atoms with Crippen LogP contribution in [0.25, 0.3) is 0 Å². The second-order valence-corrected chi connectivity index (χ2v) is 5.51. The van der Waals surface area contributed by atoms with Crippen LogP contribution < -0.4 is 0 Å². The molecule has 1 aliphatic rings. The summed E-state index contributed by atoms with van der Waals surface area (Å²) >= 11 is 0. The molecule has 1 fully saturated rings. The first kappa shape index (κ1) is 13.0. The molecule has 1 nitrogen and oxygen atoms in total. The quantitative estimate of drug-likeness (QED) is 0.741. The molecule has 0 aliphatic heterocycles. The average molecular weight is 268 g/mol. The number of hydrogen-bond donors (Lipinski definition) is 0. The molecule has 0 amide bonds. The average Bonchev–Trinajstić information content (AvgIpc) is 2.40. The van der Waals surface area contributed by atoms with Crippen LogP contribution >= 0.6 is 0 Å². The lowest BCUT2D eigenvalue weighted by molar-refractivity contribution is 0.103. The summed E-state index contributed by atoms with van der Waals surface area (Å²) in [5.74, 6) is 0.237.